The summed E-state index contributed by atoms with van der Waals surface area (Å²) in [5, 5.41) is 6.75. The van der Waals surface area contributed by atoms with Crippen LogP contribution in [0.15, 0.2) is 10.6 Å². The number of carbonyl (C=O) groups excluding carboxylic acids is 1. The predicted octanol–water partition coefficient (Wildman–Crippen LogP) is 1.58. The fourth-order valence-corrected chi connectivity index (χ4v) is 4.30. The second kappa shape index (κ2) is 8.66. The summed E-state index contributed by atoms with van der Waals surface area (Å²) >= 11 is 0. The number of aromatic nitrogens is 1. The van der Waals surface area contributed by atoms with Gasteiger partial charge in [0.15, 0.2) is 5.76 Å². The highest BCUT2D eigenvalue weighted by Crippen LogP contribution is 2.21. The Bertz CT molecular complexity index is 673. The van der Waals surface area contributed by atoms with Gasteiger partial charge in [-0.3, -0.25) is 0 Å². The van der Waals surface area contributed by atoms with Crippen molar-refractivity contribution in [1.82, 2.24) is 19.7 Å². The van der Waals surface area contributed by atoms with Crippen molar-refractivity contribution in [2.75, 3.05) is 26.4 Å². The van der Waals surface area contributed by atoms with Gasteiger partial charge in [-0.15, -0.1) is 0 Å². The fraction of sp³-hybridized carbons (Fsp3) is 0.750. The van der Waals surface area contributed by atoms with Gasteiger partial charge in [0.1, 0.15) is 0 Å². The number of urea groups is 1. The number of piperidine rings is 1. The molecule has 8 nitrogen and oxygen atoms in total. The minimum absolute atomic E-state index is 0.0317. The Kier molecular flexibility index (Phi) is 6.83. The molecular formula is C16H28N4O4S. The zero-order chi connectivity index (χ0) is 18.4. The molecule has 1 saturated heterocycles. The maximum atomic E-state index is 12.2. The molecule has 0 unspecified atom stereocenters. The van der Waals surface area contributed by atoms with Crippen LogP contribution in [0.25, 0.3) is 0 Å². The lowest BCUT2D eigenvalue weighted by atomic mass is 10.0. The first-order valence-corrected chi connectivity index (χ1v) is 10.6. The minimum Gasteiger partial charge on any atom is -0.359 e. The van der Waals surface area contributed by atoms with Gasteiger partial charge in [-0.25, -0.2) is 13.2 Å². The standard InChI is InChI=1S/C16H28N4O4S/c1-4-13-11-15(24-18-13)12-19(2)16(21)17-9-8-14-7-5-6-10-20(14)25(3,22)23/h11,14H,4-10,12H2,1-3H3,(H,17,21)/t14-/m0/s1. The zero-order valence-electron chi connectivity index (χ0n) is 15.2. The number of carbonyl (C=O) groups is 1. The number of hydrogen-bond acceptors (Lipinski definition) is 5. The predicted molar refractivity (Wildman–Crippen MR) is 94.6 cm³/mol. The quantitative estimate of drug-likeness (QED) is 0.784. The van der Waals surface area contributed by atoms with E-state index in [4.69, 9.17) is 4.52 Å². The summed E-state index contributed by atoms with van der Waals surface area (Å²) in [6, 6.07) is 1.60. The average molecular weight is 372 g/mol. The first-order chi connectivity index (χ1) is 11.8. The highest BCUT2D eigenvalue weighted by molar-refractivity contribution is 7.88. The van der Waals surface area contributed by atoms with E-state index in [0.717, 1.165) is 31.4 Å². The van der Waals surface area contributed by atoms with E-state index in [1.807, 2.05) is 13.0 Å². The van der Waals surface area contributed by atoms with Gasteiger partial charge in [-0.1, -0.05) is 18.5 Å². The number of sulfonamides is 1. The van der Waals surface area contributed by atoms with E-state index in [9.17, 15) is 13.2 Å². The van der Waals surface area contributed by atoms with E-state index < -0.39 is 10.0 Å². The van der Waals surface area contributed by atoms with E-state index in [0.29, 0.717) is 31.8 Å². The lowest BCUT2D eigenvalue weighted by Crippen LogP contribution is -2.45. The summed E-state index contributed by atoms with van der Waals surface area (Å²) in [5.41, 5.74) is 0.863. The fourth-order valence-electron chi connectivity index (χ4n) is 3.08. The Morgan fingerprint density at radius 1 is 1.48 bits per heavy atom. The Labute approximate surface area is 149 Å². The molecule has 1 atom stereocenters. The largest absolute Gasteiger partial charge is 0.359 e. The van der Waals surface area contributed by atoms with Crippen LogP contribution in [-0.4, -0.2) is 61.2 Å². The average Bonchev–Trinajstić information content (AvgIpc) is 3.01. The molecule has 1 N–H and O–H groups in total. The molecule has 2 heterocycles. The first-order valence-electron chi connectivity index (χ1n) is 8.71. The van der Waals surface area contributed by atoms with E-state index in [1.54, 1.807) is 11.4 Å². The molecule has 25 heavy (non-hydrogen) atoms. The molecule has 0 aliphatic carbocycles. The van der Waals surface area contributed by atoms with Gasteiger partial charge in [-0.2, -0.15) is 4.31 Å². The Morgan fingerprint density at radius 2 is 2.24 bits per heavy atom. The van der Waals surface area contributed by atoms with Crippen LogP contribution in [0.3, 0.4) is 0 Å². The van der Waals surface area contributed by atoms with Gasteiger partial charge < -0.3 is 14.7 Å². The Balaban J connectivity index is 1.78. The van der Waals surface area contributed by atoms with Crippen molar-refractivity contribution in [3.8, 4) is 0 Å². The highest BCUT2D eigenvalue weighted by atomic mass is 32.2. The van der Waals surface area contributed by atoms with Crippen LogP contribution >= 0.6 is 0 Å². The maximum Gasteiger partial charge on any atom is 0.317 e. The SMILES string of the molecule is CCc1cc(CN(C)C(=O)NCC[C@@H]2CCCCN2S(C)(=O)=O)on1. The van der Waals surface area contributed by atoms with Crippen molar-refractivity contribution in [1.29, 1.82) is 0 Å². The summed E-state index contributed by atoms with van der Waals surface area (Å²) in [7, 11) is -1.50. The topological polar surface area (TPSA) is 95.8 Å². The van der Waals surface area contributed by atoms with Crippen molar-refractivity contribution in [2.45, 2.75) is 51.6 Å². The Hall–Kier alpha value is -1.61. The van der Waals surface area contributed by atoms with E-state index in [1.165, 1.54) is 11.2 Å². The molecule has 0 bridgehead atoms. The van der Waals surface area contributed by atoms with Crippen molar-refractivity contribution < 1.29 is 17.7 Å². The second-order valence-corrected chi connectivity index (χ2v) is 8.47. The van der Waals surface area contributed by atoms with E-state index >= 15 is 0 Å². The third kappa shape index (κ3) is 5.71. The van der Waals surface area contributed by atoms with Gasteiger partial charge in [0.25, 0.3) is 0 Å². The van der Waals surface area contributed by atoms with Crippen LogP contribution in [0.1, 0.15) is 44.1 Å². The van der Waals surface area contributed by atoms with Gasteiger partial charge in [0.05, 0.1) is 18.5 Å². The third-order valence-corrected chi connectivity index (χ3v) is 5.80. The molecule has 0 saturated carbocycles. The van der Waals surface area contributed by atoms with Crippen LogP contribution in [0.2, 0.25) is 0 Å². The molecule has 2 amide bonds. The molecule has 1 aromatic rings. The molecule has 1 aromatic heterocycles. The minimum atomic E-state index is -3.19. The van der Waals surface area contributed by atoms with Gasteiger partial charge in [0, 0.05) is 32.2 Å². The molecule has 0 radical (unpaired) electrons. The molecule has 1 aliphatic rings. The van der Waals surface area contributed by atoms with Crippen molar-refractivity contribution in [3.05, 3.63) is 17.5 Å². The summed E-state index contributed by atoms with van der Waals surface area (Å²) in [6.07, 6.45) is 5.42. The molecule has 1 aliphatic heterocycles. The molecule has 142 valence electrons. The molecule has 0 aromatic carbocycles. The molecule has 0 spiro atoms. The van der Waals surface area contributed by atoms with Crippen LogP contribution in [0.5, 0.6) is 0 Å². The number of aryl methyl sites for hydroxylation is 1. The first kappa shape index (κ1) is 19.7. The van der Waals surface area contributed by atoms with Crippen molar-refractivity contribution in [3.63, 3.8) is 0 Å². The summed E-state index contributed by atoms with van der Waals surface area (Å²) < 4.78 is 30.4. The van der Waals surface area contributed by atoms with Crippen molar-refractivity contribution in [2.24, 2.45) is 0 Å². The van der Waals surface area contributed by atoms with Gasteiger partial charge >= 0.3 is 6.03 Å². The monoisotopic (exact) mass is 372 g/mol. The molecule has 1 fully saturated rings. The summed E-state index contributed by atoms with van der Waals surface area (Å²) in [5.74, 6) is 0.644. The molecular weight excluding hydrogens is 344 g/mol. The summed E-state index contributed by atoms with van der Waals surface area (Å²) in [4.78, 5) is 13.7. The van der Waals surface area contributed by atoms with Crippen molar-refractivity contribution >= 4 is 16.1 Å². The molecule has 9 heteroatoms. The third-order valence-electron chi connectivity index (χ3n) is 4.46. The number of amides is 2. The van der Waals surface area contributed by atoms with Crippen LogP contribution < -0.4 is 5.32 Å². The zero-order valence-corrected chi connectivity index (χ0v) is 16.0. The normalized spacial score (nSPS) is 18.9. The van der Waals surface area contributed by atoms with Gasteiger partial charge in [0.2, 0.25) is 10.0 Å². The lowest BCUT2D eigenvalue weighted by molar-refractivity contribution is 0.197. The smallest absolute Gasteiger partial charge is 0.317 e. The molecule has 2 rings (SSSR count). The summed E-state index contributed by atoms with van der Waals surface area (Å²) in [6.45, 7) is 3.35. The highest BCUT2D eigenvalue weighted by Gasteiger charge is 2.29. The Morgan fingerprint density at radius 3 is 2.88 bits per heavy atom. The number of rotatable bonds is 7. The van der Waals surface area contributed by atoms with E-state index in [-0.39, 0.29) is 12.1 Å². The second-order valence-electron chi connectivity index (χ2n) is 6.54. The van der Waals surface area contributed by atoms with Gasteiger partial charge in [-0.05, 0) is 25.7 Å². The number of hydrogen-bond donors (Lipinski definition) is 1. The van der Waals surface area contributed by atoms with Crippen LogP contribution in [-0.2, 0) is 23.0 Å². The number of nitrogens with one attached hydrogen (secondary N) is 1. The maximum absolute atomic E-state index is 12.2. The van der Waals surface area contributed by atoms with Crippen LogP contribution in [0.4, 0.5) is 4.79 Å². The number of nitrogens with zero attached hydrogens (tertiary/aromatic N) is 3. The lowest BCUT2D eigenvalue weighted by Gasteiger charge is -2.33. The van der Waals surface area contributed by atoms with E-state index in [2.05, 4.69) is 10.5 Å². The van der Waals surface area contributed by atoms with Crippen LogP contribution in [0, 0.1) is 0 Å².